The summed E-state index contributed by atoms with van der Waals surface area (Å²) in [5, 5.41) is 18.4. The molecule has 0 aromatic heterocycles. The van der Waals surface area contributed by atoms with Crippen molar-refractivity contribution in [2.24, 2.45) is 5.73 Å². The van der Waals surface area contributed by atoms with Gasteiger partial charge in [-0.1, -0.05) is 11.6 Å². The summed E-state index contributed by atoms with van der Waals surface area (Å²) in [7, 11) is 0. The van der Waals surface area contributed by atoms with Gasteiger partial charge in [-0.05, 0) is 26.0 Å². The van der Waals surface area contributed by atoms with E-state index in [4.69, 9.17) is 10.8 Å². The second kappa shape index (κ2) is 3.31. The molecule has 4 heteroatoms. The zero-order chi connectivity index (χ0) is 10.9. The van der Waals surface area contributed by atoms with Gasteiger partial charge in [-0.3, -0.25) is 0 Å². The van der Waals surface area contributed by atoms with Crippen molar-refractivity contribution in [2.75, 3.05) is 0 Å². The molecule has 0 saturated heterocycles. The van der Waals surface area contributed by atoms with Crippen molar-refractivity contribution in [1.82, 2.24) is 0 Å². The quantitative estimate of drug-likeness (QED) is 0.656. The van der Waals surface area contributed by atoms with Gasteiger partial charge in [0.25, 0.3) is 0 Å². The first-order valence-corrected chi connectivity index (χ1v) is 4.18. The second-order valence-corrected chi connectivity index (χ2v) is 3.53. The van der Waals surface area contributed by atoms with Crippen molar-refractivity contribution in [3.05, 3.63) is 29.3 Å². The number of aliphatic carboxylic acids is 1. The molecule has 1 aromatic rings. The van der Waals surface area contributed by atoms with E-state index in [1.54, 1.807) is 19.1 Å². The average Bonchev–Trinajstić information content (AvgIpc) is 2.08. The maximum Gasteiger partial charge on any atom is 0.328 e. The van der Waals surface area contributed by atoms with Gasteiger partial charge in [0.2, 0.25) is 0 Å². The third kappa shape index (κ3) is 1.70. The molecule has 1 aromatic carbocycles. The molecule has 0 heterocycles. The molecule has 0 fully saturated rings. The molecule has 0 amide bonds. The molecular formula is C10H13NO3. The fourth-order valence-electron chi connectivity index (χ4n) is 1.18. The number of benzene rings is 1. The first-order chi connectivity index (χ1) is 6.35. The lowest BCUT2D eigenvalue weighted by Crippen LogP contribution is -2.41. The Hall–Kier alpha value is -1.55. The van der Waals surface area contributed by atoms with Gasteiger partial charge in [0.15, 0.2) is 0 Å². The van der Waals surface area contributed by atoms with Crippen LogP contribution < -0.4 is 5.73 Å². The maximum atomic E-state index is 10.8. The molecule has 1 rings (SSSR count). The van der Waals surface area contributed by atoms with Crippen LogP contribution in [0.5, 0.6) is 5.75 Å². The summed E-state index contributed by atoms with van der Waals surface area (Å²) in [6, 6.07) is 4.71. The topological polar surface area (TPSA) is 83.5 Å². The highest BCUT2D eigenvalue weighted by atomic mass is 16.4. The lowest BCUT2D eigenvalue weighted by molar-refractivity contribution is -0.143. The Kier molecular flexibility index (Phi) is 2.49. The smallest absolute Gasteiger partial charge is 0.328 e. The summed E-state index contributed by atoms with van der Waals surface area (Å²) in [4.78, 5) is 10.8. The Labute approximate surface area is 82.0 Å². The van der Waals surface area contributed by atoms with Gasteiger partial charge < -0.3 is 15.9 Å². The normalized spacial score (nSPS) is 14.8. The molecular weight excluding hydrogens is 182 g/mol. The predicted molar refractivity (Wildman–Crippen MR) is 52.0 cm³/mol. The minimum Gasteiger partial charge on any atom is -0.508 e. The number of rotatable bonds is 2. The van der Waals surface area contributed by atoms with Crippen molar-refractivity contribution in [3.63, 3.8) is 0 Å². The summed E-state index contributed by atoms with van der Waals surface area (Å²) in [5.74, 6) is -1.26. The summed E-state index contributed by atoms with van der Waals surface area (Å²) < 4.78 is 0. The summed E-state index contributed by atoms with van der Waals surface area (Å²) in [6.07, 6.45) is 0. The largest absolute Gasteiger partial charge is 0.508 e. The molecule has 0 aliphatic rings. The second-order valence-electron chi connectivity index (χ2n) is 3.53. The fourth-order valence-corrected chi connectivity index (χ4v) is 1.18. The minimum absolute atomic E-state index is 0.0944. The van der Waals surface area contributed by atoms with Gasteiger partial charge in [0.1, 0.15) is 11.3 Å². The van der Waals surface area contributed by atoms with Crippen molar-refractivity contribution < 1.29 is 15.0 Å². The Morgan fingerprint density at radius 1 is 1.50 bits per heavy atom. The van der Waals surface area contributed by atoms with Gasteiger partial charge in [-0.25, -0.2) is 4.79 Å². The Morgan fingerprint density at radius 2 is 2.07 bits per heavy atom. The predicted octanol–water partition coefficient (Wildman–Crippen LogP) is 0.959. The number of carboxylic acids is 1. The van der Waals surface area contributed by atoms with E-state index in [0.29, 0.717) is 0 Å². The van der Waals surface area contributed by atoms with Gasteiger partial charge in [0, 0.05) is 5.56 Å². The van der Waals surface area contributed by atoms with Crippen LogP contribution in [0.15, 0.2) is 18.2 Å². The van der Waals surface area contributed by atoms with E-state index in [-0.39, 0.29) is 11.3 Å². The van der Waals surface area contributed by atoms with E-state index >= 15 is 0 Å². The Bertz CT molecular complexity index is 372. The highest BCUT2D eigenvalue weighted by Crippen LogP contribution is 2.28. The van der Waals surface area contributed by atoms with Crippen LogP contribution in [-0.4, -0.2) is 16.2 Å². The molecule has 1 unspecified atom stereocenters. The number of aryl methyl sites for hydroxylation is 1. The molecule has 76 valence electrons. The third-order valence-electron chi connectivity index (χ3n) is 2.16. The third-order valence-corrected chi connectivity index (χ3v) is 2.16. The number of hydrogen-bond acceptors (Lipinski definition) is 3. The first-order valence-electron chi connectivity index (χ1n) is 4.18. The van der Waals surface area contributed by atoms with E-state index in [1.165, 1.54) is 13.0 Å². The zero-order valence-electron chi connectivity index (χ0n) is 8.11. The highest BCUT2D eigenvalue weighted by molar-refractivity contribution is 5.81. The van der Waals surface area contributed by atoms with E-state index in [2.05, 4.69) is 0 Å². The van der Waals surface area contributed by atoms with E-state index in [1.807, 2.05) is 0 Å². The van der Waals surface area contributed by atoms with Crippen molar-refractivity contribution in [2.45, 2.75) is 19.4 Å². The van der Waals surface area contributed by atoms with E-state index in [9.17, 15) is 9.90 Å². The summed E-state index contributed by atoms with van der Waals surface area (Å²) in [6.45, 7) is 3.16. The van der Waals surface area contributed by atoms with Crippen LogP contribution in [-0.2, 0) is 10.3 Å². The van der Waals surface area contributed by atoms with Gasteiger partial charge in [-0.15, -0.1) is 0 Å². The highest BCUT2D eigenvalue weighted by Gasteiger charge is 2.32. The molecule has 0 radical (unpaired) electrons. The molecule has 4 nitrogen and oxygen atoms in total. The van der Waals surface area contributed by atoms with Gasteiger partial charge >= 0.3 is 5.97 Å². The minimum atomic E-state index is -1.56. The maximum absolute atomic E-state index is 10.8. The molecule has 14 heavy (non-hydrogen) atoms. The lowest BCUT2D eigenvalue weighted by atomic mass is 9.91. The summed E-state index contributed by atoms with van der Waals surface area (Å²) >= 11 is 0. The van der Waals surface area contributed by atoms with E-state index < -0.39 is 11.5 Å². The monoisotopic (exact) mass is 195 g/mol. The number of aromatic hydroxyl groups is 1. The van der Waals surface area contributed by atoms with Crippen LogP contribution in [0.1, 0.15) is 18.1 Å². The Morgan fingerprint density at radius 3 is 2.57 bits per heavy atom. The van der Waals surface area contributed by atoms with Crippen molar-refractivity contribution in [1.29, 1.82) is 0 Å². The Balaban J connectivity index is 3.31. The number of carboxylic acid groups (broad SMARTS) is 1. The van der Waals surface area contributed by atoms with Crippen LogP contribution in [0.25, 0.3) is 0 Å². The first kappa shape index (κ1) is 10.5. The molecule has 0 bridgehead atoms. The number of phenolic OH excluding ortho intramolecular Hbond substituents is 1. The molecule has 0 saturated carbocycles. The van der Waals surface area contributed by atoms with Crippen LogP contribution in [0.2, 0.25) is 0 Å². The molecule has 4 N–H and O–H groups in total. The standard InChI is InChI=1S/C10H13NO3/c1-6-3-4-8(12)7(5-6)10(2,11)9(13)14/h3-5,12H,11H2,1-2H3,(H,13,14). The van der Waals surface area contributed by atoms with Crippen LogP contribution in [0, 0.1) is 6.92 Å². The fraction of sp³-hybridized carbons (Fsp3) is 0.300. The average molecular weight is 195 g/mol. The number of phenols is 1. The number of nitrogens with two attached hydrogens (primary N) is 1. The van der Waals surface area contributed by atoms with Gasteiger partial charge in [0.05, 0.1) is 0 Å². The number of carbonyl (C=O) groups is 1. The van der Waals surface area contributed by atoms with Gasteiger partial charge in [-0.2, -0.15) is 0 Å². The number of hydrogen-bond donors (Lipinski definition) is 3. The molecule has 0 aliphatic heterocycles. The van der Waals surface area contributed by atoms with Crippen LogP contribution >= 0.6 is 0 Å². The molecule has 0 aliphatic carbocycles. The van der Waals surface area contributed by atoms with Crippen molar-refractivity contribution >= 4 is 5.97 Å². The van der Waals surface area contributed by atoms with E-state index in [0.717, 1.165) is 5.56 Å². The van der Waals surface area contributed by atoms with Crippen LogP contribution in [0.3, 0.4) is 0 Å². The SMILES string of the molecule is Cc1ccc(O)c(C(C)(N)C(=O)O)c1. The lowest BCUT2D eigenvalue weighted by Gasteiger charge is -2.21. The zero-order valence-corrected chi connectivity index (χ0v) is 8.11. The molecule has 1 atom stereocenters. The summed E-state index contributed by atoms with van der Waals surface area (Å²) in [5.41, 5.74) is 5.12. The van der Waals surface area contributed by atoms with Crippen molar-refractivity contribution in [3.8, 4) is 5.75 Å². The molecule has 0 spiro atoms. The van der Waals surface area contributed by atoms with Crippen LogP contribution in [0.4, 0.5) is 0 Å².